The van der Waals surface area contributed by atoms with Gasteiger partial charge in [-0.1, -0.05) is 64.9 Å². The van der Waals surface area contributed by atoms with E-state index in [1.165, 1.54) is 16.9 Å². The highest BCUT2D eigenvalue weighted by atomic mass is 35.5. The molecule has 1 amide bonds. The Morgan fingerprint density at radius 2 is 1.78 bits per heavy atom. The first-order valence-corrected chi connectivity index (χ1v) is 9.85. The van der Waals surface area contributed by atoms with Crippen LogP contribution in [0.4, 0.5) is 0 Å². The van der Waals surface area contributed by atoms with Crippen LogP contribution >= 0.6 is 22.9 Å². The van der Waals surface area contributed by atoms with Gasteiger partial charge in [-0.3, -0.25) is 4.79 Å². The molecule has 0 aliphatic heterocycles. The van der Waals surface area contributed by atoms with Crippen LogP contribution in [0.25, 0.3) is 0 Å². The van der Waals surface area contributed by atoms with Crippen LogP contribution in [0.2, 0.25) is 5.02 Å². The van der Waals surface area contributed by atoms with Gasteiger partial charge in [-0.05, 0) is 37.1 Å². The highest BCUT2D eigenvalue weighted by Gasteiger charge is 2.13. The van der Waals surface area contributed by atoms with E-state index in [0.29, 0.717) is 18.1 Å². The topological polar surface area (TPSA) is 66.9 Å². The molecule has 0 bridgehead atoms. The molecule has 0 aliphatic rings. The molecule has 1 aromatic heterocycles. The molecule has 2 N–H and O–H groups in total. The van der Waals surface area contributed by atoms with Gasteiger partial charge in [0.15, 0.2) is 0 Å². The average Bonchev–Trinajstić information content (AvgIpc) is 3.15. The quantitative estimate of drug-likeness (QED) is 0.621. The van der Waals surface area contributed by atoms with Crippen LogP contribution in [0.5, 0.6) is 0 Å². The number of carbonyl (C=O) groups is 1. The van der Waals surface area contributed by atoms with Crippen molar-refractivity contribution in [1.29, 1.82) is 0 Å². The summed E-state index contributed by atoms with van der Waals surface area (Å²) in [6.45, 7) is 5.12. The van der Waals surface area contributed by atoms with E-state index in [4.69, 9.17) is 11.6 Å². The fourth-order valence-electron chi connectivity index (χ4n) is 2.49. The Kier molecular flexibility index (Phi) is 6.55. The van der Waals surface area contributed by atoms with E-state index in [1.54, 1.807) is 0 Å². The molecule has 0 saturated carbocycles. The fraction of sp³-hybridized carbons (Fsp3) is 0.250. The molecule has 1 heterocycles. The number of amides is 1. The molecule has 0 saturated heterocycles. The number of aryl methyl sites for hydroxylation is 1. The van der Waals surface area contributed by atoms with Crippen LogP contribution in [0, 0.1) is 6.92 Å². The van der Waals surface area contributed by atoms with Crippen molar-refractivity contribution in [3.05, 3.63) is 80.3 Å². The second-order valence-electron chi connectivity index (χ2n) is 6.32. The SMILES string of the molecule is Cc1ccc(CNC(=O)c2nnc(CN[C@H](C)c3ccc(Cl)cc3)s2)cc1. The molecule has 1 atom stereocenters. The number of nitrogens with one attached hydrogen (secondary N) is 2. The molecule has 27 heavy (non-hydrogen) atoms. The van der Waals surface area contributed by atoms with Gasteiger partial charge in [0.2, 0.25) is 5.01 Å². The first kappa shape index (κ1) is 19.5. The smallest absolute Gasteiger partial charge is 0.282 e. The number of rotatable bonds is 7. The second kappa shape index (κ2) is 9.08. The number of hydrogen-bond acceptors (Lipinski definition) is 5. The zero-order valence-electron chi connectivity index (χ0n) is 15.2. The molecule has 0 unspecified atom stereocenters. The third kappa shape index (κ3) is 5.60. The van der Waals surface area contributed by atoms with Crippen molar-refractivity contribution in [1.82, 2.24) is 20.8 Å². The summed E-state index contributed by atoms with van der Waals surface area (Å²) in [5, 5.41) is 16.2. The van der Waals surface area contributed by atoms with Crippen LogP contribution in [-0.4, -0.2) is 16.1 Å². The summed E-state index contributed by atoms with van der Waals surface area (Å²) in [6, 6.07) is 15.9. The third-order valence-electron chi connectivity index (χ3n) is 4.16. The number of halogens is 1. The average molecular weight is 401 g/mol. The van der Waals surface area contributed by atoms with Gasteiger partial charge in [-0.2, -0.15) is 0 Å². The van der Waals surface area contributed by atoms with Crippen LogP contribution in [0.15, 0.2) is 48.5 Å². The van der Waals surface area contributed by atoms with Gasteiger partial charge in [-0.15, -0.1) is 10.2 Å². The Morgan fingerprint density at radius 1 is 1.07 bits per heavy atom. The van der Waals surface area contributed by atoms with Crippen LogP contribution in [0.3, 0.4) is 0 Å². The minimum Gasteiger partial charge on any atom is -0.346 e. The molecule has 2 aromatic carbocycles. The van der Waals surface area contributed by atoms with E-state index in [9.17, 15) is 4.79 Å². The highest BCUT2D eigenvalue weighted by molar-refractivity contribution is 7.13. The van der Waals surface area contributed by atoms with Gasteiger partial charge in [0, 0.05) is 17.6 Å². The molecule has 0 fully saturated rings. The summed E-state index contributed by atoms with van der Waals surface area (Å²) in [6.07, 6.45) is 0. The van der Waals surface area contributed by atoms with Crippen molar-refractivity contribution < 1.29 is 4.79 Å². The third-order valence-corrected chi connectivity index (χ3v) is 5.34. The number of nitrogens with zero attached hydrogens (tertiary/aromatic N) is 2. The van der Waals surface area contributed by atoms with E-state index in [2.05, 4.69) is 27.8 Å². The lowest BCUT2D eigenvalue weighted by atomic mass is 10.1. The summed E-state index contributed by atoms with van der Waals surface area (Å²) in [4.78, 5) is 12.3. The number of carbonyl (C=O) groups excluding carboxylic acids is 1. The number of benzene rings is 2. The van der Waals surface area contributed by atoms with Gasteiger partial charge in [0.25, 0.3) is 5.91 Å². The van der Waals surface area contributed by atoms with Gasteiger partial charge >= 0.3 is 0 Å². The molecule has 0 radical (unpaired) electrons. The molecule has 7 heteroatoms. The Hall–Kier alpha value is -2.28. The van der Waals surface area contributed by atoms with E-state index >= 15 is 0 Å². The van der Waals surface area contributed by atoms with Gasteiger partial charge in [0.05, 0.1) is 6.54 Å². The first-order chi connectivity index (χ1) is 13.0. The van der Waals surface area contributed by atoms with E-state index < -0.39 is 0 Å². The predicted octanol–water partition coefficient (Wildman–Crippen LogP) is 4.28. The highest BCUT2D eigenvalue weighted by Crippen LogP contribution is 2.17. The second-order valence-corrected chi connectivity index (χ2v) is 7.82. The van der Waals surface area contributed by atoms with E-state index in [-0.39, 0.29) is 11.9 Å². The van der Waals surface area contributed by atoms with Gasteiger partial charge < -0.3 is 10.6 Å². The van der Waals surface area contributed by atoms with Gasteiger partial charge in [0.1, 0.15) is 5.01 Å². The maximum Gasteiger partial charge on any atom is 0.282 e. The maximum atomic E-state index is 12.3. The Balaban J connectivity index is 1.50. The molecule has 140 valence electrons. The van der Waals surface area contributed by atoms with Crippen molar-refractivity contribution in [3.63, 3.8) is 0 Å². The molecule has 5 nitrogen and oxygen atoms in total. The normalized spacial score (nSPS) is 12.0. The summed E-state index contributed by atoms with van der Waals surface area (Å²) >= 11 is 7.22. The predicted molar refractivity (Wildman–Crippen MR) is 109 cm³/mol. The standard InChI is InChI=1S/C20H21ClN4OS/c1-13-3-5-15(6-4-13)11-23-19(26)20-25-24-18(27-20)12-22-14(2)16-7-9-17(21)10-8-16/h3-10,14,22H,11-12H2,1-2H3,(H,23,26)/t14-/m1/s1. The Bertz CT molecular complexity index is 893. The Morgan fingerprint density at radius 3 is 2.48 bits per heavy atom. The number of hydrogen-bond donors (Lipinski definition) is 2. The fourth-order valence-corrected chi connectivity index (χ4v) is 3.32. The van der Waals surface area contributed by atoms with Crippen molar-refractivity contribution in [2.45, 2.75) is 33.0 Å². The van der Waals surface area contributed by atoms with E-state index in [1.807, 2.05) is 55.5 Å². The molecule has 3 rings (SSSR count). The lowest BCUT2D eigenvalue weighted by Gasteiger charge is -2.12. The Labute approximate surface area is 167 Å². The molecular weight excluding hydrogens is 380 g/mol. The van der Waals surface area contributed by atoms with Gasteiger partial charge in [-0.25, -0.2) is 0 Å². The van der Waals surface area contributed by atoms with Crippen LogP contribution < -0.4 is 10.6 Å². The summed E-state index contributed by atoms with van der Waals surface area (Å²) in [5.41, 5.74) is 3.39. The monoisotopic (exact) mass is 400 g/mol. The largest absolute Gasteiger partial charge is 0.346 e. The lowest BCUT2D eigenvalue weighted by molar-refractivity contribution is 0.0950. The summed E-state index contributed by atoms with van der Waals surface area (Å²) < 4.78 is 0. The molecule has 3 aromatic rings. The van der Waals surface area contributed by atoms with Crippen molar-refractivity contribution in [2.24, 2.45) is 0 Å². The summed E-state index contributed by atoms with van der Waals surface area (Å²) in [7, 11) is 0. The van der Waals surface area contributed by atoms with Crippen LogP contribution in [-0.2, 0) is 13.1 Å². The minimum absolute atomic E-state index is 0.144. The zero-order chi connectivity index (χ0) is 19.2. The maximum absolute atomic E-state index is 12.3. The van der Waals surface area contributed by atoms with Crippen LogP contribution in [0.1, 0.15) is 44.5 Å². The zero-order valence-corrected chi connectivity index (χ0v) is 16.8. The number of aromatic nitrogens is 2. The van der Waals surface area contributed by atoms with Crippen molar-refractivity contribution >= 4 is 28.8 Å². The lowest BCUT2D eigenvalue weighted by Crippen LogP contribution is -2.22. The minimum atomic E-state index is -0.204. The molecular formula is C20H21ClN4OS. The molecule has 0 spiro atoms. The molecule has 0 aliphatic carbocycles. The first-order valence-electron chi connectivity index (χ1n) is 8.66. The van der Waals surface area contributed by atoms with E-state index in [0.717, 1.165) is 21.2 Å². The van der Waals surface area contributed by atoms with Crippen molar-refractivity contribution in [2.75, 3.05) is 0 Å². The van der Waals surface area contributed by atoms with Crippen molar-refractivity contribution in [3.8, 4) is 0 Å². The summed E-state index contributed by atoms with van der Waals surface area (Å²) in [5.74, 6) is -0.204.